The Morgan fingerprint density at radius 3 is 2.29 bits per heavy atom. The smallest absolute Gasteiger partial charge is 0.325 e. The maximum absolute atomic E-state index is 14.0. The van der Waals surface area contributed by atoms with E-state index in [4.69, 9.17) is 4.74 Å². The van der Waals surface area contributed by atoms with Gasteiger partial charge in [-0.1, -0.05) is 0 Å². The van der Waals surface area contributed by atoms with Crippen LogP contribution >= 0.6 is 0 Å². The highest BCUT2D eigenvalue weighted by molar-refractivity contribution is 5.76. The van der Waals surface area contributed by atoms with E-state index in [0.717, 1.165) is 4.90 Å². The highest BCUT2D eigenvalue weighted by atomic mass is 19.1. The fourth-order valence-corrected chi connectivity index (χ4v) is 1.80. The van der Waals surface area contributed by atoms with E-state index in [0.29, 0.717) is 12.1 Å². The van der Waals surface area contributed by atoms with Crippen LogP contribution in [-0.4, -0.2) is 30.1 Å². The summed E-state index contributed by atoms with van der Waals surface area (Å²) in [6.07, 6.45) is 0. The molecule has 6 nitrogen and oxygen atoms in total. The lowest BCUT2D eigenvalue weighted by molar-refractivity contribution is -0.385. The second-order valence-electron chi connectivity index (χ2n) is 4.54. The van der Waals surface area contributed by atoms with Gasteiger partial charge in [0.05, 0.1) is 23.7 Å². The highest BCUT2D eigenvalue weighted by Gasteiger charge is 2.25. The number of hydrogen-bond donors (Lipinski definition) is 0. The Bertz CT molecular complexity index is 526. The summed E-state index contributed by atoms with van der Waals surface area (Å²) in [5.74, 6) is -2.83. The number of nitro benzene ring substituents is 1. The molecule has 0 heterocycles. The second-order valence-corrected chi connectivity index (χ2v) is 4.54. The number of non-ortho nitro benzene ring substituents is 1. The standard InChI is InChI=1S/C13H16F2N2O4/c1-4-21-12(18)7-16(8(2)3)13-10(14)5-9(17(19)20)6-11(13)15/h5-6,8H,4,7H2,1-3H3. The number of esters is 1. The van der Waals surface area contributed by atoms with E-state index in [9.17, 15) is 23.7 Å². The van der Waals surface area contributed by atoms with Crippen LogP contribution in [-0.2, 0) is 9.53 Å². The lowest BCUT2D eigenvalue weighted by Crippen LogP contribution is -2.37. The number of ether oxygens (including phenoxy) is 1. The molecule has 0 saturated carbocycles. The third-order valence-corrected chi connectivity index (χ3v) is 2.73. The third kappa shape index (κ3) is 4.11. The second kappa shape index (κ2) is 6.96. The van der Waals surface area contributed by atoms with E-state index in [-0.39, 0.29) is 13.2 Å². The number of nitrogens with zero attached hydrogens (tertiary/aromatic N) is 2. The van der Waals surface area contributed by atoms with E-state index in [1.807, 2.05) is 0 Å². The summed E-state index contributed by atoms with van der Waals surface area (Å²) < 4.78 is 32.7. The zero-order valence-electron chi connectivity index (χ0n) is 11.9. The molecule has 1 rings (SSSR count). The van der Waals surface area contributed by atoms with Gasteiger partial charge in [-0.3, -0.25) is 14.9 Å². The van der Waals surface area contributed by atoms with Gasteiger partial charge in [-0.2, -0.15) is 0 Å². The Hall–Kier alpha value is -2.25. The number of halogens is 2. The zero-order valence-corrected chi connectivity index (χ0v) is 11.9. The summed E-state index contributed by atoms with van der Waals surface area (Å²) in [6.45, 7) is 4.69. The molecule has 0 bridgehead atoms. The average molecular weight is 302 g/mol. The first-order valence-electron chi connectivity index (χ1n) is 6.33. The van der Waals surface area contributed by atoms with Crippen LogP contribution in [0.3, 0.4) is 0 Å². The quantitative estimate of drug-likeness (QED) is 0.459. The van der Waals surface area contributed by atoms with Crippen molar-refractivity contribution in [1.29, 1.82) is 0 Å². The van der Waals surface area contributed by atoms with Gasteiger partial charge in [-0.25, -0.2) is 8.78 Å². The van der Waals surface area contributed by atoms with E-state index in [1.54, 1.807) is 20.8 Å². The molecular formula is C13H16F2N2O4. The van der Waals surface area contributed by atoms with Gasteiger partial charge in [-0.05, 0) is 20.8 Å². The van der Waals surface area contributed by atoms with E-state index in [1.165, 1.54) is 0 Å². The van der Waals surface area contributed by atoms with Crippen molar-refractivity contribution in [3.63, 3.8) is 0 Å². The van der Waals surface area contributed by atoms with Crippen LogP contribution in [0.15, 0.2) is 12.1 Å². The zero-order chi connectivity index (χ0) is 16.2. The number of hydrogen-bond acceptors (Lipinski definition) is 5. The predicted octanol–water partition coefficient (Wildman–Crippen LogP) is 2.65. The van der Waals surface area contributed by atoms with Crippen molar-refractivity contribution in [3.05, 3.63) is 33.9 Å². The minimum atomic E-state index is -1.10. The molecule has 8 heteroatoms. The molecule has 0 aliphatic heterocycles. The Morgan fingerprint density at radius 1 is 1.38 bits per heavy atom. The maximum Gasteiger partial charge on any atom is 0.325 e. The van der Waals surface area contributed by atoms with Crippen molar-refractivity contribution in [2.75, 3.05) is 18.1 Å². The minimum Gasteiger partial charge on any atom is -0.465 e. The van der Waals surface area contributed by atoms with Gasteiger partial charge in [0.2, 0.25) is 0 Å². The van der Waals surface area contributed by atoms with Crippen molar-refractivity contribution in [2.24, 2.45) is 0 Å². The first-order valence-corrected chi connectivity index (χ1v) is 6.33. The summed E-state index contributed by atoms with van der Waals surface area (Å²) in [6, 6.07) is 0.845. The number of rotatable bonds is 6. The average Bonchev–Trinajstić information content (AvgIpc) is 2.36. The molecule has 0 spiro atoms. The molecule has 21 heavy (non-hydrogen) atoms. The number of carbonyl (C=O) groups excluding carboxylic acids is 1. The van der Waals surface area contributed by atoms with Crippen molar-refractivity contribution in [2.45, 2.75) is 26.8 Å². The van der Waals surface area contributed by atoms with Gasteiger partial charge >= 0.3 is 5.97 Å². The van der Waals surface area contributed by atoms with E-state index >= 15 is 0 Å². The molecule has 0 amide bonds. The molecule has 0 N–H and O–H groups in total. The van der Waals surface area contributed by atoms with E-state index in [2.05, 4.69) is 0 Å². The predicted molar refractivity (Wildman–Crippen MR) is 72.1 cm³/mol. The molecule has 0 aliphatic rings. The summed E-state index contributed by atoms with van der Waals surface area (Å²) in [7, 11) is 0. The largest absolute Gasteiger partial charge is 0.465 e. The molecule has 0 atom stereocenters. The van der Waals surface area contributed by atoms with Crippen molar-refractivity contribution in [1.82, 2.24) is 0 Å². The minimum absolute atomic E-state index is 0.149. The van der Waals surface area contributed by atoms with Gasteiger partial charge in [0.15, 0.2) is 11.6 Å². The highest BCUT2D eigenvalue weighted by Crippen LogP contribution is 2.29. The molecule has 1 aromatic carbocycles. The maximum atomic E-state index is 14.0. The molecule has 1 aromatic rings. The van der Waals surface area contributed by atoms with Crippen LogP contribution in [0.1, 0.15) is 20.8 Å². The Morgan fingerprint density at radius 2 is 1.90 bits per heavy atom. The Labute approximate surface area is 120 Å². The molecule has 0 saturated heterocycles. The lowest BCUT2D eigenvalue weighted by Gasteiger charge is -2.28. The van der Waals surface area contributed by atoms with Gasteiger partial charge in [0, 0.05) is 6.04 Å². The summed E-state index contributed by atoms with van der Waals surface area (Å²) in [4.78, 5) is 22.4. The van der Waals surface area contributed by atoms with Gasteiger partial charge < -0.3 is 9.64 Å². The first-order chi connectivity index (χ1) is 9.77. The number of nitro groups is 1. The van der Waals surface area contributed by atoms with Crippen molar-refractivity contribution < 1.29 is 23.2 Å². The van der Waals surface area contributed by atoms with Crippen LogP contribution in [0, 0.1) is 21.7 Å². The Kier molecular flexibility index (Phi) is 5.57. The SMILES string of the molecule is CCOC(=O)CN(c1c(F)cc([N+](=O)[O-])cc1F)C(C)C. The lowest BCUT2D eigenvalue weighted by atomic mass is 10.2. The van der Waals surface area contributed by atoms with Crippen molar-refractivity contribution >= 4 is 17.3 Å². The third-order valence-electron chi connectivity index (χ3n) is 2.73. The van der Waals surface area contributed by atoms with Gasteiger partial charge in [0.1, 0.15) is 12.2 Å². The van der Waals surface area contributed by atoms with Crippen LogP contribution in [0.2, 0.25) is 0 Å². The van der Waals surface area contributed by atoms with Crippen LogP contribution < -0.4 is 4.90 Å². The van der Waals surface area contributed by atoms with Crippen LogP contribution in [0.25, 0.3) is 0 Å². The van der Waals surface area contributed by atoms with Crippen LogP contribution in [0.4, 0.5) is 20.2 Å². The van der Waals surface area contributed by atoms with Gasteiger partial charge in [-0.15, -0.1) is 0 Å². The fraction of sp³-hybridized carbons (Fsp3) is 0.462. The number of benzene rings is 1. The molecule has 0 aliphatic carbocycles. The first kappa shape index (κ1) is 16.8. The van der Waals surface area contributed by atoms with Crippen molar-refractivity contribution in [3.8, 4) is 0 Å². The number of anilines is 1. The molecule has 0 fully saturated rings. The van der Waals surface area contributed by atoms with E-state index < -0.39 is 39.9 Å². The van der Waals surface area contributed by atoms with Gasteiger partial charge in [0.25, 0.3) is 5.69 Å². The fourth-order valence-electron chi connectivity index (χ4n) is 1.80. The summed E-state index contributed by atoms with van der Waals surface area (Å²) >= 11 is 0. The van der Waals surface area contributed by atoms with Crippen LogP contribution in [0.5, 0.6) is 0 Å². The Balaban J connectivity index is 3.20. The molecule has 0 unspecified atom stereocenters. The summed E-state index contributed by atoms with van der Waals surface area (Å²) in [5, 5.41) is 10.6. The molecule has 116 valence electrons. The summed E-state index contributed by atoms with van der Waals surface area (Å²) in [5.41, 5.74) is -1.17. The number of carbonyl (C=O) groups is 1. The monoisotopic (exact) mass is 302 g/mol. The topological polar surface area (TPSA) is 72.7 Å². The molecular weight excluding hydrogens is 286 g/mol. The normalized spacial score (nSPS) is 10.6. The molecule has 0 radical (unpaired) electrons. The molecule has 0 aromatic heterocycles.